The second-order valence-corrected chi connectivity index (χ2v) is 6.63. The molecule has 4 atom stereocenters. The van der Waals surface area contributed by atoms with Crippen LogP contribution in [0, 0.1) is 5.92 Å². The first-order valence-electron chi connectivity index (χ1n) is 8.70. The number of ether oxygens (including phenoxy) is 1. The monoisotopic (exact) mass is 316 g/mol. The summed E-state index contributed by atoms with van der Waals surface area (Å²) in [5.74, 6) is 0.304. The van der Waals surface area contributed by atoms with E-state index in [0.717, 1.165) is 32.7 Å². The molecule has 0 amide bonds. The van der Waals surface area contributed by atoms with Crippen LogP contribution < -0.4 is 5.32 Å². The first-order valence-corrected chi connectivity index (χ1v) is 8.70. The number of aliphatic hydroxyl groups excluding tert-OH is 1. The van der Waals surface area contributed by atoms with E-state index in [-0.39, 0.29) is 6.61 Å². The lowest BCUT2D eigenvalue weighted by Crippen LogP contribution is -2.49. The maximum atomic E-state index is 9.31. The fourth-order valence-corrected chi connectivity index (χ4v) is 3.78. The molecule has 0 bridgehead atoms. The topological polar surface area (TPSA) is 44.7 Å². The zero-order valence-corrected chi connectivity index (χ0v) is 13.9. The maximum Gasteiger partial charge on any atom is 0.0594 e. The largest absolute Gasteiger partial charge is 0.396 e. The molecule has 1 aromatic rings. The van der Waals surface area contributed by atoms with Gasteiger partial charge in [0, 0.05) is 37.7 Å². The van der Waals surface area contributed by atoms with Crippen molar-refractivity contribution in [2.24, 2.45) is 5.92 Å². The molecule has 126 valence electrons. The van der Waals surface area contributed by atoms with Crippen molar-refractivity contribution in [3.05, 3.63) is 48.0 Å². The van der Waals surface area contributed by atoms with Crippen LogP contribution in [0.3, 0.4) is 0 Å². The fourth-order valence-electron chi connectivity index (χ4n) is 3.78. The van der Waals surface area contributed by atoms with Crippen LogP contribution in [0.1, 0.15) is 24.9 Å². The minimum Gasteiger partial charge on any atom is -0.396 e. The van der Waals surface area contributed by atoms with E-state index < -0.39 is 0 Å². The van der Waals surface area contributed by atoms with Gasteiger partial charge < -0.3 is 15.2 Å². The first-order chi connectivity index (χ1) is 11.3. The molecule has 4 nitrogen and oxygen atoms in total. The average Bonchev–Trinajstić information content (AvgIpc) is 3.04. The highest BCUT2D eigenvalue weighted by Gasteiger charge is 2.29. The number of benzene rings is 1. The lowest BCUT2D eigenvalue weighted by atomic mass is 9.97. The third-order valence-corrected chi connectivity index (χ3v) is 4.94. The van der Waals surface area contributed by atoms with Crippen molar-refractivity contribution in [2.45, 2.75) is 31.5 Å². The minimum atomic E-state index is 0.245. The molecule has 1 heterocycles. The molecule has 0 saturated carbocycles. The van der Waals surface area contributed by atoms with Gasteiger partial charge in [-0.2, -0.15) is 0 Å². The van der Waals surface area contributed by atoms with Gasteiger partial charge in [-0.1, -0.05) is 42.5 Å². The zero-order chi connectivity index (χ0) is 16.1. The summed E-state index contributed by atoms with van der Waals surface area (Å²) in [6, 6.07) is 11.8. The van der Waals surface area contributed by atoms with Gasteiger partial charge in [0.25, 0.3) is 0 Å². The molecule has 2 aliphatic rings. The third-order valence-electron chi connectivity index (χ3n) is 4.94. The van der Waals surface area contributed by atoms with E-state index in [4.69, 9.17) is 4.74 Å². The van der Waals surface area contributed by atoms with Crippen molar-refractivity contribution < 1.29 is 9.84 Å². The van der Waals surface area contributed by atoms with E-state index in [1.807, 2.05) is 0 Å². The molecule has 23 heavy (non-hydrogen) atoms. The normalized spacial score (nSPS) is 27.9. The van der Waals surface area contributed by atoms with E-state index in [9.17, 15) is 5.11 Å². The Balaban J connectivity index is 1.71. The molecular weight excluding hydrogens is 288 g/mol. The van der Waals surface area contributed by atoms with Gasteiger partial charge in [0.2, 0.25) is 0 Å². The van der Waals surface area contributed by atoms with Crippen LogP contribution in [0.25, 0.3) is 0 Å². The molecule has 0 unspecified atom stereocenters. The zero-order valence-electron chi connectivity index (χ0n) is 13.9. The summed E-state index contributed by atoms with van der Waals surface area (Å²) in [4.78, 5) is 2.53. The lowest BCUT2D eigenvalue weighted by Gasteiger charge is -2.39. The van der Waals surface area contributed by atoms with Crippen molar-refractivity contribution in [3.8, 4) is 0 Å². The van der Waals surface area contributed by atoms with E-state index >= 15 is 0 Å². The fraction of sp³-hybridized carbons (Fsp3) is 0.579. The molecule has 4 heteroatoms. The predicted octanol–water partition coefficient (Wildman–Crippen LogP) is 1.97. The summed E-state index contributed by atoms with van der Waals surface area (Å²) in [5.41, 5.74) is 1.36. The third kappa shape index (κ3) is 4.21. The van der Waals surface area contributed by atoms with Crippen LogP contribution in [-0.4, -0.2) is 55.0 Å². The van der Waals surface area contributed by atoms with Crippen LogP contribution in [0.5, 0.6) is 0 Å². The van der Waals surface area contributed by atoms with Gasteiger partial charge in [-0.25, -0.2) is 0 Å². The van der Waals surface area contributed by atoms with Crippen LogP contribution >= 0.6 is 0 Å². The second-order valence-electron chi connectivity index (χ2n) is 6.63. The number of hydrogen-bond donors (Lipinski definition) is 2. The number of morpholine rings is 1. The Morgan fingerprint density at radius 2 is 1.96 bits per heavy atom. The molecule has 1 saturated heterocycles. The summed E-state index contributed by atoms with van der Waals surface area (Å²) < 4.78 is 5.53. The van der Waals surface area contributed by atoms with E-state index in [0.29, 0.717) is 24.0 Å². The molecule has 0 radical (unpaired) electrons. The lowest BCUT2D eigenvalue weighted by molar-refractivity contribution is 0.00805. The summed E-state index contributed by atoms with van der Waals surface area (Å²) in [5, 5.41) is 13.1. The number of aliphatic hydroxyl groups is 1. The van der Waals surface area contributed by atoms with Crippen LogP contribution in [0.15, 0.2) is 42.5 Å². The van der Waals surface area contributed by atoms with Gasteiger partial charge in [0.1, 0.15) is 0 Å². The molecule has 1 fully saturated rings. The van der Waals surface area contributed by atoms with Gasteiger partial charge >= 0.3 is 0 Å². The van der Waals surface area contributed by atoms with Gasteiger partial charge in [0.05, 0.1) is 19.3 Å². The summed E-state index contributed by atoms with van der Waals surface area (Å²) >= 11 is 0. The number of nitrogens with zero attached hydrogens (tertiary/aromatic N) is 1. The minimum absolute atomic E-state index is 0.245. The standard InChI is InChI=1S/C19H28N2O2/c1-15(20-18-8-7-16(13-18)14-22)19(17-5-3-2-4-6-17)21-9-11-23-12-10-21/h2-8,15-16,18-20,22H,9-14H2,1H3/t15-,16-,18+,19+/m0/s1. The Morgan fingerprint density at radius 3 is 2.61 bits per heavy atom. The average molecular weight is 316 g/mol. The molecule has 2 N–H and O–H groups in total. The Morgan fingerprint density at radius 1 is 1.22 bits per heavy atom. The molecule has 0 aromatic heterocycles. The van der Waals surface area contributed by atoms with Crippen molar-refractivity contribution >= 4 is 0 Å². The van der Waals surface area contributed by atoms with Crippen LogP contribution in [0.4, 0.5) is 0 Å². The molecule has 1 aliphatic heterocycles. The summed E-state index contributed by atoms with van der Waals surface area (Å²) in [7, 11) is 0. The van der Waals surface area contributed by atoms with Gasteiger partial charge in [-0.15, -0.1) is 0 Å². The molecule has 3 rings (SSSR count). The Labute approximate surface area is 139 Å². The maximum absolute atomic E-state index is 9.31. The highest BCUT2D eigenvalue weighted by molar-refractivity contribution is 5.21. The van der Waals surface area contributed by atoms with Gasteiger partial charge in [-0.05, 0) is 18.9 Å². The van der Waals surface area contributed by atoms with E-state index in [2.05, 4.69) is 59.6 Å². The number of nitrogens with one attached hydrogen (secondary N) is 1. The quantitative estimate of drug-likeness (QED) is 0.788. The first kappa shape index (κ1) is 16.7. The number of rotatable bonds is 6. The number of hydrogen-bond acceptors (Lipinski definition) is 4. The van der Waals surface area contributed by atoms with Crippen molar-refractivity contribution in [1.29, 1.82) is 0 Å². The Bertz CT molecular complexity index is 499. The molecular formula is C19H28N2O2. The SMILES string of the molecule is C[C@H](N[C@@H]1C=C[C@H](CO)C1)[C@H](c1ccccc1)N1CCOCC1. The highest BCUT2D eigenvalue weighted by atomic mass is 16.5. The van der Waals surface area contributed by atoms with Gasteiger partial charge in [-0.3, -0.25) is 4.90 Å². The summed E-state index contributed by atoms with van der Waals surface area (Å²) in [6.07, 6.45) is 5.33. The smallest absolute Gasteiger partial charge is 0.0594 e. The van der Waals surface area contributed by atoms with Crippen molar-refractivity contribution in [3.63, 3.8) is 0 Å². The predicted molar refractivity (Wildman–Crippen MR) is 92.3 cm³/mol. The van der Waals surface area contributed by atoms with E-state index in [1.54, 1.807) is 0 Å². The Kier molecular flexibility index (Phi) is 5.84. The Hall–Kier alpha value is -1.20. The molecule has 0 spiro atoms. The summed E-state index contributed by atoms with van der Waals surface area (Å²) in [6.45, 7) is 6.09. The molecule has 1 aliphatic carbocycles. The van der Waals surface area contributed by atoms with Crippen LogP contribution in [0.2, 0.25) is 0 Å². The van der Waals surface area contributed by atoms with Crippen molar-refractivity contribution in [1.82, 2.24) is 10.2 Å². The highest BCUT2D eigenvalue weighted by Crippen LogP contribution is 2.27. The molecule has 1 aromatic carbocycles. The second kappa shape index (κ2) is 8.06. The van der Waals surface area contributed by atoms with E-state index in [1.165, 1.54) is 5.56 Å². The van der Waals surface area contributed by atoms with Crippen LogP contribution in [-0.2, 0) is 4.74 Å². The van der Waals surface area contributed by atoms with Crippen molar-refractivity contribution in [2.75, 3.05) is 32.9 Å². The van der Waals surface area contributed by atoms with Gasteiger partial charge in [0.15, 0.2) is 0 Å².